The number of hydrogen-bond donors (Lipinski definition) is 1. The summed E-state index contributed by atoms with van der Waals surface area (Å²) in [5, 5.41) is 3.51. The Hall–Kier alpha value is -0.860. The Morgan fingerprint density at radius 1 is 1.26 bits per heavy atom. The molecule has 1 aliphatic heterocycles. The molecule has 0 spiro atoms. The third kappa shape index (κ3) is 3.37. The first-order chi connectivity index (χ1) is 9.13. The van der Waals surface area contributed by atoms with Gasteiger partial charge in [0.15, 0.2) is 0 Å². The van der Waals surface area contributed by atoms with Gasteiger partial charge in [-0.25, -0.2) is 0 Å². The summed E-state index contributed by atoms with van der Waals surface area (Å²) < 4.78 is 0. The molecule has 1 aliphatic rings. The topological polar surface area (TPSA) is 15.3 Å². The molecule has 2 unspecified atom stereocenters. The molecule has 1 fully saturated rings. The number of benzene rings is 1. The lowest BCUT2D eigenvalue weighted by atomic mass is 9.92. The average molecular weight is 260 g/mol. The van der Waals surface area contributed by atoms with E-state index in [9.17, 15) is 0 Å². The largest absolute Gasteiger partial charge is 0.317 e. The Morgan fingerprint density at radius 3 is 2.53 bits per heavy atom. The van der Waals surface area contributed by atoms with E-state index in [4.69, 9.17) is 0 Å². The first-order valence-corrected chi connectivity index (χ1v) is 7.64. The third-order valence-corrected chi connectivity index (χ3v) is 4.38. The average Bonchev–Trinajstić information content (AvgIpc) is 2.77. The second kappa shape index (κ2) is 6.53. The van der Waals surface area contributed by atoms with Crippen molar-refractivity contribution in [1.29, 1.82) is 0 Å². The maximum absolute atomic E-state index is 3.51. The van der Waals surface area contributed by atoms with Gasteiger partial charge >= 0.3 is 0 Å². The van der Waals surface area contributed by atoms with Crippen molar-refractivity contribution in [3.05, 3.63) is 35.4 Å². The number of likely N-dealkylation sites (tertiary alicyclic amines) is 1. The summed E-state index contributed by atoms with van der Waals surface area (Å²) in [6.45, 7) is 10.1. The van der Waals surface area contributed by atoms with Crippen LogP contribution in [0.5, 0.6) is 0 Å². The molecular formula is C17H28N2. The standard InChI is InChI=1S/C17H28N2/c1-5-18-12-16-10-11-19(4)17(16)15-8-6-14(7-9-15)13(2)3/h6-9,13,16-18H,5,10-12H2,1-4H3. The number of nitrogens with zero attached hydrogens (tertiary/aromatic N) is 1. The van der Waals surface area contributed by atoms with E-state index in [1.807, 2.05) is 0 Å². The minimum Gasteiger partial charge on any atom is -0.317 e. The minimum atomic E-state index is 0.584. The van der Waals surface area contributed by atoms with Crippen LogP contribution < -0.4 is 5.32 Å². The summed E-state index contributed by atoms with van der Waals surface area (Å²) in [5.74, 6) is 1.36. The molecule has 0 aromatic heterocycles. The van der Waals surface area contributed by atoms with Crippen molar-refractivity contribution in [3.63, 3.8) is 0 Å². The zero-order valence-electron chi connectivity index (χ0n) is 12.8. The lowest BCUT2D eigenvalue weighted by Crippen LogP contribution is -2.28. The number of hydrogen-bond acceptors (Lipinski definition) is 2. The van der Waals surface area contributed by atoms with Crippen molar-refractivity contribution >= 4 is 0 Å². The van der Waals surface area contributed by atoms with E-state index in [2.05, 4.69) is 62.3 Å². The normalized spacial score (nSPS) is 24.3. The number of nitrogens with one attached hydrogen (secondary N) is 1. The molecule has 0 saturated carbocycles. The molecule has 2 atom stereocenters. The highest BCUT2D eigenvalue weighted by Crippen LogP contribution is 2.36. The van der Waals surface area contributed by atoms with Gasteiger partial charge in [-0.15, -0.1) is 0 Å². The Labute approximate surface area is 118 Å². The first-order valence-electron chi connectivity index (χ1n) is 7.64. The fourth-order valence-electron chi connectivity index (χ4n) is 3.17. The highest BCUT2D eigenvalue weighted by molar-refractivity contribution is 5.28. The maximum Gasteiger partial charge on any atom is 0.0385 e. The van der Waals surface area contributed by atoms with Crippen LogP contribution in [-0.4, -0.2) is 31.6 Å². The van der Waals surface area contributed by atoms with Gasteiger partial charge in [-0.1, -0.05) is 45.0 Å². The van der Waals surface area contributed by atoms with Gasteiger partial charge in [0.05, 0.1) is 0 Å². The Bertz CT molecular complexity index is 383. The summed E-state index contributed by atoms with van der Waals surface area (Å²) in [5.41, 5.74) is 2.92. The molecule has 1 aromatic rings. The molecule has 2 nitrogen and oxygen atoms in total. The van der Waals surface area contributed by atoms with E-state index >= 15 is 0 Å². The SMILES string of the molecule is CCNCC1CCN(C)C1c1ccc(C(C)C)cc1. The van der Waals surface area contributed by atoms with Gasteiger partial charge in [-0.05, 0) is 56.1 Å². The number of rotatable bonds is 5. The molecule has 1 saturated heterocycles. The first kappa shape index (κ1) is 14.5. The molecule has 0 aliphatic carbocycles. The molecule has 0 bridgehead atoms. The fraction of sp³-hybridized carbons (Fsp3) is 0.647. The molecular weight excluding hydrogens is 232 g/mol. The summed E-state index contributed by atoms with van der Waals surface area (Å²) in [6, 6.07) is 9.86. The van der Waals surface area contributed by atoms with Gasteiger partial charge in [-0.3, -0.25) is 4.90 Å². The van der Waals surface area contributed by atoms with Crippen LogP contribution in [0, 0.1) is 5.92 Å². The highest BCUT2D eigenvalue weighted by atomic mass is 15.2. The van der Waals surface area contributed by atoms with Crippen molar-refractivity contribution in [1.82, 2.24) is 10.2 Å². The molecule has 2 heteroatoms. The molecule has 106 valence electrons. The van der Waals surface area contributed by atoms with Crippen molar-refractivity contribution < 1.29 is 0 Å². The van der Waals surface area contributed by atoms with Gasteiger partial charge in [0.2, 0.25) is 0 Å². The van der Waals surface area contributed by atoms with E-state index in [-0.39, 0.29) is 0 Å². The van der Waals surface area contributed by atoms with E-state index < -0.39 is 0 Å². The molecule has 19 heavy (non-hydrogen) atoms. The minimum absolute atomic E-state index is 0.584. The maximum atomic E-state index is 3.51. The van der Waals surface area contributed by atoms with E-state index in [0.717, 1.165) is 19.0 Å². The Kier molecular flexibility index (Phi) is 5.00. The van der Waals surface area contributed by atoms with Crippen molar-refractivity contribution in [2.75, 3.05) is 26.7 Å². The van der Waals surface area contributed by atoms with Crippen molar-refractivity contribution in [2.24, 2.45) is 5.92 Å². The molecule has 1 aromatic carbocycles. The molecule has 2 rings (SSSR count). The Morgan fingerprint density at radius 2 is 1.95 bits per heavy atom. The predicted octanol–water partition coefficient (Wildman–Crippen LogP) is 3.41. The van der Waals surface area contributed by atoms with Crippen LogP contribution in [0.2, 0.25) is 0 Å². The van der Waals surface area contributed by atoms with Gasteiger partial charge in [0.1, 0.15) is 0 Å². The van der Waals surface area contributed by atoms with E-state index in [1.54, 1.807) is 0 Å². The zero-order chi connectivity index (χ0) is 13.8. The Balaban J connectivity index is 2.13. The van der Waals surface area contributed by atoms with Crippen LogP contribution in [0.15, 0.2) is 24.3 Å². The highest BCUT2D eigenvalue weighted by Gasteiger charge is 2.32. The van der Waals surface area contributed by atoms with Crippen LogP contribution in [0.1, 0.15) is 50.3 Å². The van der Waals surface area contributed by atoms with Crippen LogP contribution in [0.3, 0.4) is 0 Å². The van der Waals surface area contributed by atoms with Crippen molar-refractivity contribution in [2.45, 2.75) is 39.2 Å². The second-order valence-corrected chi connectivity index (χ2v) is 6.10. The molecule has 1 N–H and O–H groups in total. The quantitative estimate of drug-likeness (QED) is 0.873. The third-order valence-electron chi connectivity index (χ3n) is 4.38. The van der Waals surface area contributed by atoms with E-state index in [0.29, 0.717) is 12.0 Å². The van der Waals surface area contributed by atoms with Gasteiger partial charge in [0, 0.05) is 6.04 Å². The van der Waals surface area contributed by atoms with Crippen molar-refractivity contribution in [3.8, 4) is 0 Å². The fourth-order valence-corrected chi connectivity index (χ4v) is 3.17. The zero-order valence-corrected chi connectivity index (χ0v) is 12.8. The lowest BCUT2D eigenvalue weighted by molar-refractivity contribution is 0.273. The molecule has 0 radical (unpaired) electrons. The van der Waals surface area contributed by atoms with Crippen LogP contribution in [-0.2, 0) is 0 Å². The second-order valence-electron chi connectivity index (χ2n) is 6.10. The van der Waals surface area contributed by atoms with Gasteiger partial charge < -0.3 is 5.32 Å². The summed E-state index contributed by atoms with van der Waals surface area (Å²) in [7, 11) is 2.26. The van der Waals surface area contributed by atoms with Crippen LogP contribution >= 0.6 is 0 Å². The molecule has 1 heterocycles. The van der Waals surface area contributed by atoms with Gasteiger partial charge in [-0.2, -0.15) is 0 Å². The summed E-state index contributed by atoms with van der Waals surface area (Å²) in [6.07, 6.45) is 1.31. The smallest absolute Gasteiger partial charge is 0.0385 e. The van der Waals surface area contributed by atoms with E-state index in [1.165, 1.54) is 24.1 Å². The summed E-state index contributed by atoms with van der Waals surface area (Å²) >= 11 is 0. The lowest BCUT2D eigenvalue weighted by Gasteiger charge is -2.26. The predicted molar refractivity (Wildman–Crippen MR) is 82.6 cm³/mol. The van der Waals surface area contributed by atoms with Crippen LogP contribution in [0.4, 0.5) is 0 Å². The van der Waals surface area contributed by atoms with Gasteiger partial charge in [0.25, 0.3) is 0 Å². The monoisotopic (exact) mass is 260 g/mol. The van der Waals surface area contributed by atoms with Crippen LogP contribution in [0.25, 0.3) is 0 Å². The summed E-state index contributed by atoms with van der Waals surface area (Å²) in [4.78, 5) is 2.51. The molecule has 0 amide bonds.